The fourth-order valence-corrected chi connectivity index (χ4v) is 3.39. The fraction of sp³-hybridized carbons (Fsp3) is 0.227. The third kappa shape index (κ3) is 6.19. The van der Waals surface area contributed by atoms with Crippen LogP contribution in [0.25, 0.3) is 10.9 Å². The summed E-state index contributed by atoms with van der Waals surface area (Å²) in [5.41, 5.74) is 9.72. The summed E-state index contributed by atoms with van der Waals surface area (Å²) in [5, 5.41) is 8.75. The van der Waals surface area contributed by atoms with E-state index in [0.717, 1.165) is 0 Å². The summed E-state index contributed by atoms with van der Waals surface area (Å²) in [6.07, 6.45) is 1.02. The van der Waals surface area contributed by atoms with Crippen molar-refractivity contribution < 1.29 is 22.8 Å². The molecule has 2 aromatic carbocycles. The van der Waals surface area contributed by atoms with Gasteiger partial charge < -0.3 is 26.9 Å². The minimum absolute atomic E-state index is 0.0139. The molecule has 0 atom stereocenters. The number of hydrogen-bond acceptors (Lipinski definition) is 5. The van der Waals surface area contributed by atoms with Gasteiger partial charge in [0.25, 0.3) is 5.92 Å². The maximum atomic E-state index is 15.0. The van der Waals surface area contributed by atoms with Crippen LogP contribution in [0.5, 0.6) is 0 Å². The van der Waals surface area contributed by atoms with Crippen LogP contribution in [0.3, 0.4) is 0 Å². The zero-order chi connectivity index (χ0) is 24.7. The summed E-state index contributed by atoms with van der Waals surface area (Å²) >= 11 is 6.04. The second-order valence-electron chi connectivity index (χ2n) is 7.20. The van der Waals surface area contributed by atoms with Gasteiger partial charge >= 0.3 is 0 Å². The van der Waals surface area contributed by atoms with Gasteiger partial charge in [0.05, 0.1) is 30.7 Å². The van der Waals surface area contributed by atoms with E-state index in [0.29, 0.717) is 5.39 Å². The van der Waals surface area contributed by atoms with Crippen LogP contribution < -0.4 is 22.1 Å². The Balaban J connectivity index is 1.68. The van der Waals surface area contributed by atoms with Crippen LogP contribution in [0, 0.1) is 5.82 Å². The maximum absolute atomic E-state index is 15.0. The molecule has 180 valence electrons. The highest BCUT2D eigenvalue weighted by atomic mass is 35.5. The molecule has 12 heteroatoms. The average molecular weight is 495 g/mol. The van der Waals surface area contributed by atoms with Crippen LogP contribution in [-0.2, 0) is 22.0 Å². The first-order chi connectivity index (χ1) is 16.2. The molecular formula is C22H22ClF3N6O2. The number of amides is 1. The van der Waals surface area contributed by atoms with Crippen LogP contribution in [-0.4, -0.2) is 36.5 Å². The summed E-state index contributed by atoms with van der Waals surface area (Å²) in [6.45, 7) is -0.855. The number of carbonyl (C=O) groups is 1. The fourth-order valence-electron chi connectivity index (χ4n) is 3.18. The van der Waals surface area contributed by atoms with E-state index in [4.69, 9.17) is 27.9 Å². The highest BCUT2D eigenvalue weighted by Crippen LogP contribution is 2.34. The van der Waals surface area contributed by atoms with Gasteiger partial charge in [-0.3, -0.25) is 9.78 Å². The molecule has 1 heterocycles. The first kappa shape index (κ1) is 24.9. The summed E-state index contributed by atoms with van der Waals surface area (Å²) in [7, 11) is 0. The van der Waals surface area contributed by atoms with E-state index in [2.05, 4.69) is 20.8 Å². The van der Waals surface area contributed by atoms with Crippen LogP contribution in [0.1, 0.15) is 11.1 Å². The van der Waals surface area contributed by atoms with Crippen molar-refractivity contribution in [2.75, 3.05) is 25.0 Å². The Kier molecular flexibility index (Phi) is 8.00. The van der Waals surface area contributed by atoms with Crippen molar-refractivity contribution in [3.8, 4) is 0 Å². The molecular weight excluding hydrogens is 473 g/mol. The van der Waals surface area contributed by atoms with Gasteiger partial charge in [0, 0.05) is 27.7 Å². The lowest BCUT2D eigenvalue weighted by molar-refractivity contribution is -0.120. The number of nitrogens with zero attached hydrogens (tertiary/aromatic N) is 2. The number of carbonyl (C=O) groups excluding carboxylic acids is 1. The SMILES string of the molecule is NC(N)=NOCCNC(=O)Cc1c(Cl)ccc(NCC(F)(F)c2cccc3cccnc23)c1F. The minimum atomic E-state index is -3.35. The van der Waals surface area contributed by atoms with Crippen LogP contribution in [0.2, 0.25) is 5.02 Å². The normalized spacial score (nSPS) is 11.2. The number of halogens is 4. The van der Waals surface area contributed by atoms with Gasteiger partial charge in [-0.1, -0.05) is 35.9 Å². The van der Waals surface area contributed by atoms with Gasteiger partial charge in [0.2, 0.25) is 11.9 Å². The van der Waals surface area contributed by atoms with Gasteiger partial charge in [-0.15, -0.1) is 0 Å². The number of oxime groups is 1. The summed E-state index contributed by atoms with van der Waals surface area (Å²) < 4.78 is 45.0. The summed E-state index contributed by atoms with van der Waals surface area (Å²) in [4.78, 5) is 20.9. The lowest BCUT2D eigenvalue weighted by Gasteiger charge is -2.20. The zero-order valence-electron chi connectivity index (χ0n) is 17.8. The minimum Gasteiger partial charge on any atom is -0.391 e. The van der Waals surface area contributed by atoms with E-state index in [1.54, 1.807) is 18.2 Å². The molecule has 0 aliphatic carbocycles. The van der Waals surface area contributed by atoms with Gasteiger partial charge in [-0.2, -0.15) is 8.78 Å². The number of fused-ring (bicyclic) bond motifs is 1. The number of guanidine groups is 1. The lowest BCUT2D eigenvalue weighted by atomic mass is 10.0. The van der Waals surface area contributed by atoms with E-state index in [1.165, 1.54) is 30.5 Å². The number of aromatic nitrogens is 1. The van der Waals surface area contributed by atoms with Gasteiger partial charge in [0.15, 0.2) is 5.82 Å². The first-order valence-corrected chi connectivity index (χ1v) is 10.5. The molecule has 1 amide bonds. The smallest absolute Gasteiger partial charge is 0.292 e. The average Bonchev–Trinajstić information content (AvgIpc) is 2.80. The van der Waals surface area contributed by atoms with Crippen LogP contribution >= 0.6 is 11.6 Å². The molecule has 0 saturated carbocycles. The van der Waals surface area contributed by atoms with E-state index in [9.17, 15) is 13.6 Å². The van der Waals surface area contributed by atoms with E-state index in [-0.39, 0.29) is 46.5 Å². The zero-order valence-corrected chi connectivity index (χ0v) is 18.6. The van der Waals surface area contributed by atoms with Crippen molar-refractivity contribution >= 4 is 40.1 Å². The number of pyridine rings is 1. The number of alkyl halides is 2. The standard InChI is InChI=1S/C22H22ClF3N6O2/c23-16-6-7-17(19(24)14(16)11-18(33)29-9-10-34-32-21(27)28)31-12-22(25,26)15-5-1-3-13-4-2-8-30-20(13)15/h1-8,31H,9-12H2,(H,29,33)(H4,27,28,32). The number of benzene rings is 2. The van der Waals surface area contributed by atoms with Crippen LogP contribution in [0.4, 0.5) is 18.9 Å². The molecule has 6 N–H and O–H groups in total. The van der Waals surface area contributed by atoms with Crippen molar-refractivity contribution in [2.45, 2.75) is 12.3 Å². The monoisotopic (exact) mass is 494 g/mol. The second kappa shape index (κ2) is 10.9. The molecule has 3 rings (SSSR count). The number of nitrogens with one attached hydrogen (secondary N) is 2. The summed E-state index contributed by atoms with van der Waals surface area (Å²) in [5.74, 6) is -5.08. The number of rotatable bonds is 10. The van der Waals surface area contributed by atoms with Gasteiger partial charge in [-0.05, 0) is 23.4 Å². The highest BCUT2D eigenvalue weighted by molar-refractivity contribution is 6.31. The quantitative estimate of drug-likeness (QED) is 0.148. The molecule has 0 aliphatic rings. The molecule has 0 bridgehead atoms. The number of anilines is 1. The second-order valence-corrected chi connectivity index (χ2v) is 7.61. The van der Waals surface area contributed by atoms with Crippen LogP contribution in [0.15, 0.2) is 53.8 Å². The third-order valence-electron chi connectivity index (χ3n) is 4.74. The number of hydrogen-bond donors (Lipinski definition) is 4. The largest absolute Gasteiger partial charge is 0.391 e. The molecule has 0 fully saturated rings. The lowest BCUT2D eigenvalue weighted by Crippen LogP contribution is -2.29. The molecule has 0 saturated heterocycles. The van der Waals surface area contributed by atoms with Crippen molar-refractivity contribution in [1.29, 1.82) is 0 Å². The molecule has 8 nitrogen and oxygen atoms in total. The Morgan fingerprint density at radius 3 is 2.71 bits per heavy atom. The molecule has 0 radical (unpaired) electrons. The molecule has 3 aromatic rings. The molecule has 1 aromatic heterocycles. The molecule has 0 spiro atoms. The maximum Gasteiger partial charge on any atom is 0.292 e. The Hall–Kier alpha value is -3.73. The highest BCUT2D eigenvalue weighted by Gasteiger charge is 2.34. The molecule has 34 heavy (non-hydrogen) atoms. The molecule has 0 aliphatic heterocycles. The van der Waals surface area contributed by atoms with Gasteiger partial charge in [-0.25, -0.2) is 4.39 Å². The predicted octanol–water partition coefficient (Wildman–Crippen LogP) is 3.09. The topological polar surface area (TPSA) is 128 Å². The van der Waals surface area contributed by atoms with Crippen molar-refractivity contribution in [1.82, 2.24) is 10.3 Å². The Morgan fingerprint density at radius 2 is 1.94 bits per heavy atom. The van der Waals surface area contributed by atoms with Crippen molar-refractivity contribution in [3.05, 3.63) is 70.6 Å². The summed E-state index contributed by atoms with van der Waals surface area (Å²) in [6, 6.07) is 10.4. The molecule has 0 unspecified atom stereocenters. The van der Waals surface area contributed by atoms with Gasteiger partial charge in [0.1, 0.15) is 6.61 Å². The number of para-hydroxylation sites is 1. The Labute approximate surface area is 198 Å². The van der Waals surface area contributed by atoms with Crippen molar-refractivity contribution in [3.63, 3.8) is 0 Å². The van der Waals surface area contributed by atoms with E-state index < -0.39 is 30.6 Å². The Bertz CT molecular complexity index is 1200. The third-order valence-corrected chi connectivity index (χ3v) is 5.09. The van der Waals surface area contributed by atoms with E-state index >= 15 is 4.39 Å². The van der Waals surface area contributed by atoms with E-state index in [1.807, 2.05) is 0 Å². The predicted molar refractivity (Wildman–Crippen MR) is 124 cm³/mol. The first-order valence-electron chi connectivity index (χ1n) is 10.1. The Morgan fingerprint density at radius 1 is 1.18 bits per heavy atom. The number of nitrogens with two attached hydrogens (primary N) is 2. The van der Waals surface area contributed by atoms with Crippen molar-refractivity contribution in [2.24, 2.45) is 16.6 Å².